The fourth-order valence-electron chi connectivity index (χ4n) is 2.26. The van der Waals surface area contributed by atoms with Crippen LogP contribution in [0, 0.1) is 4.77 Å². The molecule has 0 atom stereocenters. The van der Waals surface area contributed by atoms with Crippen LogP contribution in [0.25, 0.3) is 11.2 Å². The Morgan fingerprint density at radius 3 is 3.00 bits per heavy atom. The molecular formula is C12H17N5OS. The summed E-state index contributed by atoms with van der Waals surface area (Å²) in [5.74, 6) is 0.533. The Morgan fingerprint density at radius 1 is 1.53 bits per heavy atom. The second-order valence-electron chi connectivity index (χ2n) is 4.88. The lowest BCUT2D eigenvalue weighted by Crippen LogP contribution is -2.25. The van der Waals surface area contributed by atoms with Crippen LogP contribution in [0.1, 0.15) is 12.8 Å². The van der Waals surface area contributed by atoms with Gasteiger partial charge in [0, 0.05) is 19.1 Å². The number of aromatic nitrogens is 4. The van der Waals surface area contributed by atoms with Crippen LogP contribution in [0.2, 0.25) is 0 Å². The van der Waals surface area contributed by atoms with E-state index in [1.165, 1.54) is 19.2 Å². The van der Waals surface area contributed by atoms with E-state index in [9.17, 15) is 0 Å². The summed E-state index contributed by atoms with van der Waals surface area (Å²) in [5, 5.41) is 0. The molecule has 0 unspecified atom stereocenters. The summed E-state index contributed by atoms with van der Waals surface area (Å²) in [6.45, 7) is 1.80. The van der Waals surface area contributed by atoms with Gasteiger partial charge in [-0.05, 0) is 32.1 Å². The standard InChI is InChI=1S/C12H17N5OS/c1-16(8-3-4-8)5-6-17-10-9(15-12(17)19)11(18-2)14-7-13-10/h7-8H,3-6H2,1-2H3,(H,15,19). The molecule has 2 aromatic rings. The van der Waals surface area contributed by atoms with Gasteiger partial charge in [-0.15, -0.1) is 0 Å². The summed E-state index contributed by atoms with van der Waals surface area (Å²) in [4.78, 5) is 13.9. The molecule has 1 saturated carbocycles. The van der Waals surface area contributed by atoms with E-state index >= 15 is 0 Å². The van der Waals surface area contributed by atoms with Crippen LogP contribution in [-0.4, -0.2) is 51.2 Å². The third-order valence-corrected chi connectivity index (χ3v) is 3.89. The molecule has 3 rings (SSSR count). The average Bonchev–Trinajstić information content (AvgIpc) is 3.20. The van der Waals surface area contributed by atoms with E-state index in [1.54, 1.807) is 7.11 Å². The number of hydrogen-bond acceptors (Lipinski definition) is 5. The van der Waals surface area contributed by atoms with Crippen LogP contribution in [0.5, 0.6) is 5.88 Å². The highest BCUT2D eigenvalue weighted by Gasteiger charge is 2.25. The van der Waals surface area contributed by atoms with Gasteiger partial charge >= 0.3 is 0 Å². The van der Waals surface area contributed by atoms with E-state index in [2.05, 4.69) is 26.9 Å². The van der Waals surface area contributed by atoms with Gasteiger partial charge in [0.15, 0.2) is 10.4 Å². The Balaban J connectivity index is 1.89. The Bertz CT molecular complexity index is 645. The minimum absolute atomic E-state index is 0.533. The van der Waals surface area contributed by atoms with Crippen molar-refractivity contribution in [3.63, 3.8) is 0 Å². The molecule has 7 heteroatoms. The van der Waals surface area contributed by atoms with E-state index < -0.39 is 0 Å². The summed E-state index contributed by atoms with van der Waals surface area (Å²) < 4.78 is 7.89. The number of rotatable bonds is 5. The average molecular weight is 279 g/mol. The maximum Gasteiger partial charge on any atom is 0.242 e. The van der Waals surface area contributed by atoms with Crippen molar-refractivity contribution in [1.29, 1.82) is 0 Å². The Labute approximate surface area is 116 Å². The first-order chi connectivity index (χ1) is 9.20. The van der Waals surface area contributed by atoms with Gasteiger partial charge in [-0.25, -0.2) is 4.98 Å². The SMILES string of the molecule is COc1ncnc2c1[nH]c(=S)n2CCN(C)C1CC1. The van der Waals surface area contributed by atoms with E-state index in [0.717, 1.165) is 30.3 Å². The van der Waals surface area contributed by atoms with Gasteiger partial charge in [0.25, 0.3) is 0 Å². The lowest BCUT2D eigenvalue weighted by Gasteiger charge is -2.15. The smallest absolute Gasteiger partial charge is 0.242 e. The third-order valence-electron chi connectivity index (χ3n) is 3.57. The zero-order valence-corrected chi connectivity index (χ0v) is 11.9. The maximum atomic E-state index is 5.36. The van der Waals surface area contributed by atoms with E-state index in [1.807, 2.05) is 4.57 Å². The number of likely N-dealkylation sites (N-methyl/N-ethyl adjacent to an activating group) is 1. The van der Waals surface area contributed by atoms with Crippen molar-refractivity contribution >= 4 is 23.4 Å². The summed E-state index contributed by atoms with van der Waals surface area (Å²) in [7, 11) is 3.75. The summed E-state index contributed by atoms with van der Waals surface area (Å²) in [6.07, 6.45) is 4.13. The summed E-state index contributed by atoms with van der Waals surface area (Å²) in [6, 6.07) is 0.753. The van der Waals surface area contributed by atoms with Gasteiger partial charge in [0.05, 0.1) is 7.11 Å². The second-order valence-corrected chi connectivity index (χ2v) is 5.26. The predicted octanol–water partition coefficient (Wildman–Crippen LogP) is 1.59. The van der Waals surface area contributed by atoms with Crippen molar-refractivity contribution < 1.29 is 4.74 Å². The normalized spacial score (nSPS) is 15.3. The first-order valence-corrected chi connectivity index (χ1v) is 6.79. The first kappa shape index (κ1) is 12.6. The molecule has 1 fully saturated rings. The number of ether oxygens (including phenoxy) is 1. The van der Waals surface area contributed by atoms with Crippen molar-refractivity contribution in [2.75, 3.05) is 20.7 Å². The molecular weight excluding hydrogens is 262 g/mol. The molecule has 0 bridgehead atoms. The van der Waals surface area contributed by atoms with Crippen molar-refractivity contribution in [2.24, 2.45) is 0 Å². The monoisotopic (exact) mass is 279 g/mol. The zero-order chi connectivity index (χ0) is 13.4. The lowest BCUT2D eigenvalue weighted by atomic mass is 10.4. The number of nitrogens with zero attached hydrogens (tertiary/aromatic N) is 4. The molecule has 6 nitrogen and oxygen atoms in total. The molecule has 102 valence electrons. The van der Waals surface area contributed by atoms with Crippen molar-refractivity contribution in [1.82, 2.24) is 24.4 Å². The Morgan fingerprint density at radius 2 is 2.32 bits per heavy atom. The zero-order valence-electron chi connectivity index (χ0n) is 11.1. The van der Waals surface area contributed by atoms with Gasteiger partial charge in [-0.1, -0.05) is 0 Å². The highest BCUT2D eigenvalue weighted by Crippen LogP contribution is 2.25. The van der Waals surface area contributed by atoms with Gasteiger partial charge in [0.1, 0.15) is 11.8 Å². The van der Waals surface area contributed by atoms with E-state index in [4.69, 9.17) is 17.0 Å². The minimum atomic E-state index is 0.533. The van der Waals surface area contributed by atoms with Crippen molar-refractivity contribution in [3.05, 3.63) is 11.1 Å². The molecule has 2 heterocycles. The number of methoxy groups -OCH3 is 1. The number of fused-ring (bicyclic) bond motifs is 1. The number of aromatic amines is 1. The molecule has 0 saturated heterocycles. The fourth-order valence-corrected chi connectivity index (χ4v) is 2.54. The van der Waals surface area contributed by atoms with Crippen LogP contribution in [0.4, 0.5) is 0 Å². The van der Waals surface area contributed by atoms with E-state index in [-0.39, 0.29) is 0 Å². The van der Waals surface area contributed by atoms with Crippen molar-refractivity contribution in [2.45, 2.75) is 25.4 Å². The number of imidazole rings is 1. The number of hydrogen-bond donors (Lipinski definition) is 1. The fraction of sp³-hybridized carbons (Fsp3) is 0.583. The number of nitrogens with one attached hydrogen (secondary N) is 1. The molecule has 1 aliphatic carbocycles. The molecule has 2 aromatic heterocycles. The van der Waals surface area contributed by atoms with Crippen LogP contribution in [0.3, 0.4) is 0 Å². The largest absolute Gasteiger partial charge is 0.479 e. The minimum Gasteiger partial charge on any atom is -0.479 e. The van der Waals surface area contributed by atoms with Gasteiger partial charge in [0.2, 0.25) is 5.88 Å². The molecule has 0 radical (unpaired) electrons. The second kappa shape index (κ2) is 4.90. The quantitative estimate of drug-likeness (QED) is 0.842. The van der Waals surface area contributed by atoms with Gasteiger partial charge in [-0.3, -0.25) is 0 Å². The highest BCUT2D eigenvalue weighted by atomic mass is 32.1. The molecule has 0 aromatic carbocycles. The first-order valence-electron chi connectivity index (χ1n) is 6.38. The topological polar surface area (TPSA) is 59.0 Å². The van der Waals surface area contributed by atoms with Crippen molar-refractivity contribution in [3.8, 4) is 5.88 Å². The molecule has 1 aliphatic rings. The molecule has 1 N–H and O–H groups in total. The molecule has 0 amide bonds. The van der Waals surface area contributed by atoms with Crippen LogP contribution in [0.15, 0.2) is 6.33 Å². The molecule has 19 heavy (non-hydrogen) atoms. The summed E-state index contributed by atoms with van der Waals surface area (Å²) >= 11 is 5.36. The number of H-pyrrole nitrogens is 1. The molecule has 0 aliphatic heterocycles. The predicted molar refractivity (Wildman–Crippen MR) is 74.9 cm³/mol. The van der Waals surface area contributed by atoms with Crippen LogP contribution >= 0.6 is 12.2 Å². The Hall–Kier alpha value is -1.47. The third kappa shape index (κ3) is 2.35. The highest BCUT2D eigenvalue weighted by molar-refractivity contribution is 7.71. The molecule has 0 spiro atoms. The van der Waals surface area contributed by atoms with E-state index in [0.29, 0.717) is 10.7 Å². The van der Waals surface area contributed by atoms with Crippen LogP contribution in [-0.2, 0) is 6.54 Å². The Kier molecular flexibility index (Phi) is 3.24. The summed E-state index contributed by atoms with van der Waals surface area (Å²) in [5.41, 5.74) is 1.57. The van der Waals surface area contributed by atoms with Gasteiger partial charge in [-0.2, -0.15) is 4.98 Å². The lowest BCUT2D eigenvalue weighted by molar-refractivity contribution is 0.310. The maximum absolute atomic E-state index is 5.36. The van der Waals surface area contributed by atoms with Gasteiger partial charge < -0.3 is 19.2 Å². The van der Waals surface area contributed by atoms with Crippen LogP contribution < -0.4 is 4.74 Å².